The molecule has 1 aliphatic heterocycles. The second kappa shape index (κ2) is 14.1. The van der Waals surface area contributed by atoms with Gasteiger partial charge in [0.25, 0.3) is 0 Å². The van der Waals surface area contributed by atoms with Crippen molar-refractivity contribution in [2.24, 2.45) is 5.73 Å². The molecule has 1 amide bonds. The average molecular weight is 572 g/mol. The van der Waals surface area contributed by atoms with E-state index in [0.717, 1.165) is 37.2 Å². The number of benzene rings is 4. The Bertz CT molecular complexity index is 1590. The van der Waals surface area contributed by atoms with Gasteiger partial charge in [-0.3, -0.25) is 4.79 Å². The number of para-hydroxylation sites is 1. The Morgan fingerprint density at radius 2 is 1.53 bits per heavy atom. The van der Waals surface area contributed by atoms with E-state index < -0.39 is 0 Å². The number of hydrogen-bond acceptors (Lipinski definition) is 3. The molecule has 43 heavy (non-hydrogen) atoms. The number of unbranched alkanes of at least 4 members (excludes halogenated alkanes) is 2. The van der Waals surface area contributed by atoms with Crippen LogP contribution in [0.4, 0.5) is 17.1 Å². The van der Waals surface area contributed by atoms with Crippen LogP contribution < -0.4 is 16.4 Å². The summed E-state index contributed by atoms with van der Waals surface area (Å²) >= 11 is 0. The van der Waals surface area contributed by atoms with Gasteiger partial charge < -0.3 is 16.4 Å². The molecule has 5 heteroatoms. The normalized spacial score (nSPS) is 13.7. The van der Waals surface area contributed by atoms with Gasteiger partial charge in [0.15, 0.2) is 5.71 Å². The van der Waals surface area contributed by atoms with Crippen LogP contribution in [0, 0.1) is 0 Å². The molecule has 0 spiro atoms. The Morgan fingerprint density at radius 1 is 0.814 bits per heavy atom. The highest BCUT2D eigenvalue weighted by atomic mass is 16.1. The number of amides is 1. The predicted molar refractivity (Wildman–Crippen MR) is 180 cm³/mol. The van der Waals surface area contributed by atoms with E-state index in [0.29, 0.717) is 19.5 Å². The first-order chi connectivity index (χ1) is 21.0. The highest BCUT2D eigenvalue weighted by Gasteiger charge is 2.44. The first-order valence-corrected chi connectivity index (χ1v) is 15.4. The molecular weight excluding hydrogens is 528 g/mol. The number of hydrogen-bond donors (Lipinski definition) is 3. The van der Waals surface area contributed by atoms with Crippen LogP contribution in [0.15, 0.2) is 109 Å². The maximum Gasteiger partial charge on any atom is 0.220 e. The summed E-state index contributed by atoms with van der Waals surface area (Å²) in [7, 11) is 0. The summed E-state index contributed by atoms with van der Waals surface area (Å²) in [6.07, 6.45) is 7.99. The topological polar surface area (TPSA) is 70.2 Å². The van der Waals surface area contributed by atoms with Gasteiger partial charge in [0, 0.05) is 55.0 Å². The molecule has 4 aromatic rings. The molecule has 0 saturated heterocycles. The summed E-state index contributed by atoms with van der Waals surface area (Å²) in [5.41, 5.74) is 15.0. The lowest BCUT2D eigenvalue weighted by molar-refractivity contribution is -0.438. The van der Waals surface area contributed by atoms with E-state index >= 15 is 0 Å². The van der Waals surface area contributed by atoms with E-state index in [2.05, 4.69) is 126 Å². The maximum absolute atomic E-state index is 12.0. The Labute approximate surface area is 256 Å². The van der Waals surface area contributed by atoms with E-state index in [1.54, 1.807) is 0 Å². The Kier molecular flexibility index (Phi) is 9.85. The fourth-order valence-electron chi connectivity index (χ4n) is 5.91. The first-order valence-electron chi connectivity index (χ1n) is 15.4. The molecule has 0 radical (unpaired) electrons. The van der Waals surface area contributed by atoms with Crippen molar-refractivity contribution in [3.05, 3.63) is 120 Å². The Balaban J connectivity index is 1.43. The van der Waals surface area contributed by atoms with Gasteiger partial charge in [-0.05, 0) is 73.7 Å². The SMILES string of the molecule is CC1(C)C(/C=C/c2ccccc2-c2ccccc2)=[N+](CCCCCC(=O)NCCN)c2ccc(Nc3ccccc3)cc21. The van der Waals surface area contributed by atoms with Crippen LogP contribution in [0.3, 0.4) is 0 Å². The number of nitrogens with zero attached hydrogens (tertiary/aromatic N) is 1. The van der Waals surface area contributed by atoms with Crippen LogP contribution in [0.1, 0.15) is 50.7 Å². The summed E-state index contributed by atoms with van der Waals surface area (Å²) in [5.74, 6) is 0.0869. The van der Waals surface area contributed by atoms with Crippen molar-refractivity contribution in [1.29, 1.82) is 0 Å². The molecule has 4 N–H and O–H groups in total. The highest BCUT2D eigenvalue weighted by Crippen LogP contribution is 2.42. The summed E-state index contributed by atoms with van der Waals surface area (Å²) in [6.45, 7) is 6.55. The number of fused-ring (bicyclic) bond motifs is 1. The lowest BCUT2D eigenvalue weighted by Crippen LogP contribution is -2.28. The van der Waals surface area contributed by atoms with Crippen LogP contribution >= 0.6 is 0 Å². The van der Waals surface area contributed by atoms with Crippen LogP contribution in [-0.4, -0.2) is 35.8 Å². The van der Waals surface area contributed by atoms with Gasteiger partial charge in [0.1, 0.15) is 6.54 Å². The zero-order chi connectivity index (χ0) is 30.1. The van der Waals surface area contributed by atoms with Gasteiger partial charge >= 0.3 is 0 Å². The predicted octanol–water partition coefficient (Wildman–Crippen LogP) is 7.82. The molecular formula is C38H43N4O+. The van der Waals surface area contributed by atoms with Gasteiger partial charge in [0.05, 0.1) is 5.41 Å². The van der Waals surface area contributed by atoms with Crippen LogP contribution in [0.25, 0.3) is 17.2 Å². The second-order valence-electron chi connectivity index (χ2n) is 11.6. The molecule has 1 aliphatic rings. The van der Waals surface area contributed by atoms with Crippen LogP contribution in [0.2, 0.25) is 0 Å². The van der Waals surface area contributed by atoms with Crippen LogP contribution in [-0.2, 0) is 10.2 Å². The number of carbonyl (C=O) groups is 1. The molecule has 1 heterocycles. The molecule has 0 aliphatic carbocycles. The highest BCUT2D eigenvalue weighted by molar-refractivity contribution is 6.06. The summed E-state index contributed by atoms with van der Waals surface area (Å²) < 4.78 is 2.48. The molecule has 0 aromatic heterocycles. The fraction of sp³-hybridized carbons (Fsp3) is 0.263. The lowest BCUT2D eigenvalue weighted by Gasteiger charge is -2.17. The monoisotopic (exact) mass is 571 g/mol. The van der Waals surface area contributed by atoms with Crippen molar-refractivity contribution < 1.29 is 9.37 Å². The maximum atomic E-state index is 12.0. The Hall–Kier alpha value is -4.48. The first kappa shape index (κ1) is 30.0. The largest absolute Gasteiger partial charge is 0.356 e. The number of nitrogens with one attached hydrogen (secondary N) is 2. The minimum Gasteiger partial charge on any atom is -0.356 e. The molecule has 0 atom stereocenters. The minimum absolute atomic E-state index is 0.0869. The molecule has 0 saturated carbocycles. The number of carbonyl (C=O) groups excluding carboxylic acids is 1. The molecule has 5 rings (SSSR count). The lowest BCUT2D eigenvalue weighted by atomic mass is 9.81. The van der Waals surface area contributed by atoms with Gasteiger partial charge in [-0.25, -0.2) is 0 Å². The van der Waals surface area contributed by atoms with Gasteiger partial charge in [0.2, 0.25) is 11.6 Å². The third-order valence-corrected chi connectivity index (χ3v) is 8.17. The van der Waals surface area contributed by atoms with E-state index in [1.807, 2.05) is 18.2 Å². The molecule has 4 aromatic carbocycles. The van der Waals surface area contributed by atoms with Crippen molar-refractivity contribution in [2.45, 2.75) is 44.9 Å². The second-order valence-corrected chi connectivity index (χ2v) is 11.6. The molecule has 0 bridgehead atoms. The van der Waals surface area contributed by atoms with Gasteiger partial charge in [-0.1, -0.05) is 72.8 Å². The number of anilines is 2. The van der Waals surface area contributed by atoms with E-state index in [4.69, 9.17) is 5.73 Å². The van der Waals surface area contributed by atoms with Crippen molar-refractivity contribution >= 4 is 34.8 Å². The fourth-order valence-corrected chi connectivity index (χ4v) is 5.91. The van der Waals surface area contributed by atoms with Gasteiger partial charge in [-0.2, -0.15) is 4.58 Å². The average Bonchev–Trinajstić information content (AvgIpc) is 3.24. The third-order valence-electron chi connectivity index (χ3n) is 8.17. The van der Waals surface area contributed by atoms with E-state index in [9.17, 15) is 4.79 Å². The molecule has 220 valence electrons. The third kappa shape index (κ3) is 7.30. The molecule has 0 unspecified atom stereocenters. The van der Waals surface area contributed by atoms with E-state index in [1.165, 1.54) is 33.7 Å². The van der Waals surface area contributed by atoms with Crippen molar-refractivity contribution in [2.75, 3.05) is 25.0 Å². The molecule has 5 nitrogen and oxygen atoms in total. The quantitative estimate of drug-likeness (QED) is 0.113. The minimum atomic E-state index is -0.190. The van der Waals surface area contributed by atoms with Crippen molar-refractivity contribution in [3.63, 3.8) is 0 Å². The summed E-state index contributed by atoms with van der Waals surface area (Å²) in [4.78, 5) is 12.0. The Morgan fingerprint density at radius 3 is 2.30 bits per heavy atom. The smallest absolute Gasteiger partial charge is 0.220 e. The number of nitrogens with two attached hydrogens (primary N) is 1. The molecule has 0 fully saturated rings. The van der Waals surface area contributed by atoms with Gasteiger partial charge in [-0.15, -0.1) is 0 Å². The summed E-state index contributed by atoms with van der Waals surface area (Å²) in [5, 5.41) is 6.45. The van der Waals surface area contributed by atoms with E-state index in [-0.39, 0.29) is 11.3 Å². The zero-order valence-electron chi connectivity index (χ0n) is 25.4. The van der Waals surface area contributed by atoms with Crippen molar-refractivity contribution in [3.8, 4) is 11.1 Å². The summed E-state index contributed by atoms with van der Waals surface area (Å²) in [6, 6.07) is 36.2. The number of allylic oxidation sites excluding steroid dienone is 1. The van der Waals surface area contributed by atoms with Crippen LogP contribution in [0.5, 0.6) is 0 Å². The number of rotatable bonds is 13. The zero-order valence-corrected chi connectivity index (χ0v) is 25.4. The van der Waals surface area contributed by atoms with Crippen molar-refractivity contribution in [1.82, 2.24) is 5.32 Å². The standard InChI is InChI=1S/C38H42N4O/c1-38(2)34-28-32(41-31-17-8-4-9-18-31)22-23-35(34)42(27-13-5-10-20-37(43)40-26-25-39)36(38)24-21-30-16-11-12-19-33(30)29-14-6-3-7-15-29/h3-4,6-9,11-12,14-19,21-24,28,41H,5,10,13,20,25-27,39H2,1-2H3/p+1/b24-21+.